The average Bonchev–Trinajstić information content (AvgIpc) is 2.04. The predicted molar refractivity (Wildman–Crippen MR) is 51.6 cm³/mol. The average molecular weight is 185 g/mol. The second-order valence-electron chi connectivity index (χ2n) is 4.63. The Balaban J connectivity index is 2.64. The lowest BCUT2D eigenvalue weighted by Crippen LogP contribution is -2.43. The molecule has 1 fully saturated rings. The fourth-order valence-electron chi connectivity index (χ4n) is 1.93. The van der Waals surface area contributed by atoms with Crippen molar-refractivity contribution in [2.75, 3.05) is 20.1 Å². The highest BCUT2D eigenvalue weighted by Crippen LogP contribution is 2.33. The molecule has 13 heavy (non-hydrogen) atoms. The Kier molecular flexibility index (Phi) is 2.96. The summed E-state index contributed by atoms with van der Waals surface area (Å²) in [5.41, 5.74) is -0.575. The SMILES string of the molecule is CN1CCCC(C(C)(C)C(=O)O)C1. The molecular weight excluding hydrogens is 166 g/mol. The molecule has 1 N–H and O–H groups in total. The first-order chi connectivity index (χ1) is 5.94. The maximum absolute atomic E-state index is 11.0. The first-order valence-corrected chi connectivity index (χ1v) is 4.86. The Bertz CT molecular complexity index is 201. The van der Waals surface area contributed by atoms with Crippen LogP contribution in [0.3, 0.4) is 0 Å². The van der Waals surface area contributed by atoms with Crippen LogP contribution >= 0.6 is 0 Å². The van der Waals surface area contributed by atoms with Crippen LogP contribution < -0.4 is 0 Å². The summed E-state index contributed by atoms with van der Waals surface area (Å²) in [5.74, 6) is -0.378. The highest BCUT2D eigenvalue weighted by Gasteiger charge is 2.38. The normalized spacial score (nSPS) is 25.9. The topological polar surface area (TPSA) is 40.5 Å². The molecule has 1 aliphatic heterocycles. The molecule has 0 saturated carbocycles. The van der Waals surface area contributed by atoms with Gasteiger partial charge in [-0.1, -0.05) is 0 Å². The van der Waals surface area contributed by atoms with Crippen LogP contribution in [0.25, 0.3) is 0 Å². The van der Waals surface area contributed by atoms with E-state index in [-0.39, 0.29) is 0 Å². The molecule has 1 atom stereocenters. The molecule has 1 unspecified atom stereocenters. The molecule has 0 aromatic heterocycles. The molecule has 1 heterocycles. The minimum Gasteiger partial charge on any atom is -0.481 e. The third-order valence-corrected chi connectivity index (χ3v) is 3.20. The van der Waals surface area contributed by atoms with Gasteiger partial charge in [0.15, 0.2) is 0 Å². The van der Waals surface area contributed by atoms with E-state index in [2.05, 4.69) is 11.9 Å². The maximum Gasteiger partial charge on any atom is 0.309 e. The first kappa shape index (κ1) is 10.5. The molecule has 1 saturated heterocycles. The van der Waals surface area contributed by atoms with Crippen molar-refractivity contribution in [3.8, 4) is 0 Å². The van der Waals surface area contributed by atoms with Crippen molar-refractivity contribution in [3.63, 3.8) is 0 Å². The lowest BCUT2D eigenvalue weighted by molar-refractivity contribution is -0.151. The number of carbonyl (C=O) groups is 1. The molecule has 0 amide bonds. The van der Waals surface area contributed by atoms with Gasteiger partial charge >= 0.3 is 5.97 Å². The van der Waals surface area contributed by atoms with Crippen LogP contribution in [0.4, 0.5) is 0 Å². The minimum atomic E-state index is -0.673. The summed E-state index contributed by atoms with van der Waals surface area (Å²) < 4.78 is 0. The van der Waals surface area contributed by atoms with Crippen molar-refractivity contribution in [2.24, 2.45) is 11.3 Å². The Morgan fingerprint density at radius 2 is 2.15 bits per heavy atom. The van der Waals surface area contributed by atoms with E-state index in [1.165, 1.54) is 0 Å². The molecular formula is C10H19NO2. The standard InChI is InChI=1S/C10H19NO2/c1-10(2,9(12)13)8-5-4-6-11(3)7-8/h8H,4-7H2,1-3H3,(H,12,13). The van der Waals surface area contributed by atoms with Gasteiger partial charge in [0, 0.05) is 6.54 Å². The van der Waals surface area contributed by atoms with Crippen molar-refractivity contribution in [3.05, 3.63) is 0 Å². The predicted octanol–water partition coefficient (Wildman–Crippen LogP) is 1.44. The van der Waals surface area contributed by atoms with Crippen LogP contribution in [0.2, 0.25) is 0 Å². The van der Waals surface area contributed by atoms with E-state index in [1.54, 1.807) is 0 Å². The number of hydrogen-bond acceptors (Lipinski definition) is 2. The number of piperidine rings is 1. The number of aliphatic carboxylic acids is 1. The van der Waals surface area contributed by atoms with Gasteiger partial charge in [0.1, 0.15) is 0 Å². The van der Waals surface area contributed by atoms with Crippen molar-refractivity contribution >= 4 is 5.97 Å². The van der Waals surface area contributed by atoms with Crippen molar-refractivity contribution in [2.45, 2.75) is 26.7 Å². The lowest BCUT2D eigenvalue weighted by atomic mass is 9.75. The Morgan fingerprint density at radius 1 is 1.54 bits per heavy atom. The molecule has 3 nitrogen and oxygen atoms in total. The van der Waals surface area contributed by atoms with Crippen molar-refractivity contribution in [1.82, 2.24) is 4.90 Å². The quantitative estimate of drug-likeness (QED) is 0.707. The van der Waals surface area contributed by atoms with Gasteiger partial charge in [-0.25, -0.2) is 0 Å². The molecule has 0 spiro atoms. The lowest BCUT2D eigenvalue weighted by Gasteiger charge is -2.37. The van der Waals surface area contributed by atoms with Crippen LogP contribution in [0, 0.1) is 11.3 Å². The van der Waals surface area contributed by atoms with E-state index in [4.69, 9.17) is 5.11 Å². The number of carboxylic acids is 1. The molecule has 76 valence electrons. The Labute approximate surface area is 79.7 Å². The zero-order chi connectivity index (χ0) is 10.1. The van der Waals surface area contributed by atoms with Crippen molar-refractivity contribution < 1.29 is 9.90 Å². The molecule has 3 heteroatoms. The number of nitrogens with zero attached hydrogens (tertiary/aromatic N) is 1. The smallest absolute Gasteiger partial charge is 0.309 e. The number of carboxylic acid groups (broad SMARTS) is 1. The number of likely N-dealkylation sites (tertiary alicyclic amines) is 1. The number of rotatable bonds is 2. The summed E-state index contributed by atoms with van der Waals surface area (Å²) in [5, 5.41) is 9.06. The van der Waals surface area contributed by atoms with Gasteiger partial charge in [-0.2, -0.15) is 0 Å². The molecule has 0 aromatic rings. The highest BCUT2D eigenvalue weighted by atomic mass is 16.4. The van der Waals surface area contributed by atoms with Gasteiger partial charge in [0.25, 0.3) is 0 Å². The van der Waals surface area contributed by atoms with E-state index >= 15 is 0 Å². The highest BCUT2D eigenvalue weighted by molar-refractivity contribution is 5.74. The van der Waals surface area contributed by atoms with Crippen LogP contribution in [-0.2, 0) is 4.79 Å². The largest absolute Gasteiger partial charge is 0.481 e. The molecule has 0 aliphatic carbocycles. The van der Waals surface area contributed by atoms with Gasteiger partial charge in [-0.3, -0.25) is 4.79 Å². The van der Waals surface area contributed by atoms with Crippen LogP contribution in [-0.4, -0.2) is 36.1 Å². The Hall–Kier alpha value is -0.570. The summed E-state index contributed by atoms with van der Waals surface area (Å²) in [6.45, 7) is 5.68. The van der Waals surface area contributed by atoms with Gasteiger partial charge < -0.3 is 10.0 Å². The van der Waals surface area contributed by atoms with Crippen molar-refractivity contribution in [1.29, 1.82) is 0 Å². The summed E-state index contributed by atoms with van der Waals surface area (Å²) in [6.07, 6.45) is 2.17. The first-order valence-electron chi connectivity index (χ1n) is 4.86. The van der Waals surface area contributed by atoms with Crippen LogP contribution in [0.15, 0.2) is 0 Å². The summed E-state index contributed by atoms with van der Waals surface area (Å²) in [6, 6.07) is 0. The van der Waals surface area contributed by atoms with E-state index < -0.39 is 11.4 Å². The zero-order valence-electron chi connectivity index (χ0n) is 8.71. The van der Waals surface area contributed by atoms with E-state index in [0.29, 0.717) is 5.92 Å². The van der Waals surface area contributed by atoms with Crippen LogP contribution in [0.5, 0.6) is 0 Å². The third-order valence-electron chi connectivity index (χ3n) is 3.20. The molecule has 1 aliphatic rings. The monoisotopic (exact) mass is 185 g/mol. The zero-order valence-corrected chi connectivity index (χ0v) is 8.71. The minimum absolute atomic E-state index is 0.295. The second kappa shape index (κ2) is 3.66. The van der Waals surface area contributed by atoms with E-state index in [9.17, 15) is 4.79 Å². The van der Waals surface area contributed by atoms with Gasteiger partial charge in [0.2, 0.25) is 0 Å². The maximum atomic E-state index is 11.0. The second-order valence-corrected chi connectivity index (χ2v) is 4.63. The third kappa shape index (κ3) is 2.21. The molecule has 0 bridgehead atoms. The van der Waals surface area contributed by atoms with Gasteiger partial charge in [-0.05, 0) is 46.2 Å². The fourth-order valence-corrected chi connectivity index (χ4v) is 1.93. The van der Waals surface area contributed by atoms with E-state index in [0.717, 1.165) is 25.9 Å². The summed E-state index contributed by atoms with van der Waals surface area (Å²) >= 11 is 0. The van der Waals surface area contributed by atoms with Gasteiger partial charge in [0.05, 0.1) is 5.41 Å². The summed E-state index contributed by atoms with van der Waals surface area (Å²) in [7, 11) is 2.06. The fraction of sp³-hybridized carbons (Fsp3) is 0.900. The Morgan fingerprint density at radius 3 is 2.62 bits per heavy atom. The molecule has 0 aromatic carbocycles. The van der Waals surface area contributed by atoms with Gasteiger partial charge in [-0.15, -0.1) is 0 Å². The molecule has 0 radical (unpaired) electrons. The van der Waals surface area contributed by atoms with Crippen LogP contribution in [0.1, 0.15) is 26.7 Å². The molecule has 1 rings (SSSR count). The van der Waals surface area contributed by atoms with E-state index in [1.807, 2.05) is 13.8 Å². The number of hydrogen-bond donors (Lipinski definition) is 1. The summed E-state index contributed by atoms with van der Waals surface area (Å²) in [4.78, 5) is 13.2.